The van der Waals surface area contributed by atoms with Crippen LogP contribution in [0.2, 0.25) is 0 Å². The summed E-state index contributed by atoms with van der Waals surface area (Å²) in [6, 6.07) is 5.77. The van der Waals surface area contributed by atoms with Gasteiger partial charge in [-0.1, -0.05) is 0 Å². The summed E-state index contributed by atoms with van der Waals surface area (Å²) >= 11 is 1.88. The first-order chi connectivity index (χ1) is 15.1. The lowest BCUT2D eigenvalue weighted by Gasteiger charge is -2.45. The van der Waals surface area contributed by atoms with Gasteiger partial charge in [0.1, 0.15) is 5.82 Å². The highest BCUT2D eigenvalue weighted by Gasteiger charge is 2.50. The van der Waals surface area contributed by atoms with E-state index in [0.29, 0.717) is 3.57 Å². The molecule has 8 nitrogen and oxygen atoms in total. The van der Waals surface area contributed by atoms with Crippen molar-refractivity contribution in [3.63, 3.8) is 0 Å². The second-order valence-corrected chi connectivity index (χ2v) is 8.52. The molecule has 32 heavy (non-hydrogen) atoms. The predicted octanol–water partition coefficient (Wildman–Crippen LogP) is 1.11. The Labute approximate surface area is 194 Å². The van der Waals surface area contributed by atoms with Gasteiger partial charge in [0.25, 0.3) is 11.8 Å². The molecule has 12 heteroatoms. The van der Waals surface area contributed by atoms with E-state index in [1.54, 1.807) is 0 Å². The lowest BCUT2D eigenvalue weighted by molar-refractivity contribution is -0.155. The number of nitrogens with one attached hydrogen (secondary N) is 2. The average molecular weight is 565 g/mol. The molecule has 0 spiro atoms. The number of hydrogen-bond acceptors (Lipinski definition) is 6. The van der Waals surface area contributed by atoms with Crippen LogP contribution in [0, 0.1) is 21.0 Å². The summed E-state index contributed by atoms with van der Waals surface area (Å²) in [4.78, 5) is 26.0. The van der Waals surface area contributed by atoms with Gasteiger partial charge in [-0.2, -0.15) is 0 Å². The number of halogens is 4. The van der Waals surface area contributed by atoms with Crippen molar-refractivity contribution in [1.82, 2.24) is 10.2 Å². The third kappa shape index (κ3) is 4.98. The van der Waals surface area contributed by atoms with E-state index in [0.717, 1.165) is 17.0 Å². The second kappa shape index (κ2) is 9.60. The van der Waals surface area contributed by atoms with Crippen LogP contribution in [0.25, 0.3) is 0 Å². The first-order valence-corrected chi connectivity index (χ1v) is 10.4. The zero-order chi connectivity index (χ0) is 23.6. The fourth-order valence-electron chi connectivity index (χ4n) is 3.06. The van der Waals surface area contributed by atoms with Crippen LogP contribution in [0.4, 0.5) is 24.5 Å². The third-order valence-corrected chi connectivity index (χ3v) is 5.51. The maximum Gasteiger partial charge on any atom is 0.256 e. The zero-order valence-corrected chi connectivity index (χ0v) is 18.6. The Morgan fingerprint density at radius 2 is 1.84 bits per heavy atom. The number of aliphatic hydroxyl groups excluding tert-OH is 2. The molecule has 0 radical (unpaired) electrons. The van der Waals surface area contributed by atoms with Crippen molar-refractivity contribution >= 4 is 45.8 Å². The molecular weight excluding hydrogens is 546 g/mol. The Kier molecular flexibility index (Phi) is 7.27. The van der Waals surface area contributed by atoms with Gasteiger partial charge in [0.05, 0.1) is 42.7 Å². The average Bonchev–Trinajstić information content (AvgIpc) is 2.73. The van der Waals surface area contributed by atoms with Crippen molar-refractivity contribution in [3.8, 4) is 0 Å². The lowest BCUT2D eigenvalue weighted by Crippen LogP contribution is -2.70. The number of rotatable bonds is 7. The summed E-state index contributed by atoms with van der Waals surface area (Å²) in [5, 5.41) is 33.0. The number of amides is 2. The van der Waals surface area contributed by atoms with E-state index in [1.807, 2.05) is 22.6 Å². The molecule has 0 bridgehead atoms. The highest BCUT2D eigenvalue weighted by atomic mass is 127. The van der Waals surface area contributed by atoms with Gasteiger partial charge in [0.2, 0.25) is 0 Å². The molecule has 5 N–H and O–H groups in total. The summed E-state index contributed by atoms with van der Waals surface area (Å²) in [5.41, 5.74) is -3.02. The standard InChI is InChI=1S/C20H19F3IN3O5/c21-13-3-2-12(17(16(13)23)26-15-4-1-10(24)5-14(15)22)18(30)27-8-20(32,9-27)19(31)25-6-11(29)7-28/h1-5,11,26,28-29,32H,6-9H2,(H,25,31). The number of likely N-dealkylation sites (tertiary alicyclic amines) is 1. The topological polar surface area (TPSA) is 122 Å². The van der Waals surface area contributed by atoms with Crippen molar-refractivity contribution in [2.75, 3.05) is 31.6 Å². The van der Waals surface area contributed by atoms with E-state index in [2.05, 4.69) is 10.6 Å². The van der Waals surface area contributed by atoms with Gasteiger partial charge in [0.15, 0.2) is 17.2 Å². The highest BCUT2D eigenvalue weighted by Crippen LogP contribution is 2.31. The summed E-state index contributed by atoms with van der Waals surface area (Å²) in [7, 11) is 0. The summed E-state index contributed by atoms with van der Waals surface area (Å²) < 4.78 is 43.1. The summed E-state index contributed by atoms with van der Waals surface area (Å²) in [6.45, 7) is -1.77. The molecule has 1 fully saturated rings. The number of carbonyl (C=O) groups is 2. The number of anilines is 2. The SMILES string of the molecule is O=C(c1ccc(F)c(F)c1Nc1ccc(I)cc1F)N1CC(O)(C(=O)NCC(O)CO)C1. The quantitative estimate of drug-likeness (QED) is 0.321. The van der Waals surface area contributed by atoms with Crippen molar-refractivity contribution in [2.45, 2.75) is 11.7 Å². The molecule has 172 valence electrons. The Balaban J connectivity index is 1.78. The molecule has 1 saturated heterocycles. The van der Waals surface area contributed by atoms with E-state index in [-0.39, 0.29) is 17.8 Å². The Bertz CT molecular complexity index is 1050. The van der Waals surface area contributed by atoms with Crippen LogP contribution in [0.1, 0.15) is 10.4 Å². The molecule has 0 aliphatic carbocycles. The maximum absolute atomic E-state index is 14.5. The predicted molar refractivity (Wildman–Crippen MR) is 116 cm³/mol. The molecule has 1 aliphatic rings. The van der Waals surface area contributed by atoms with Gasteiger partial charge < -0.3 is 30.9 Å². The molecule has 2 aromatic rings. The first kappa shape index (κ1) is 24.2. The van der Waals surface area contributed by atoms with Crippen LogP contribution >= 0.6 is 22.6 Å². The van der Waals surface area contributed by atoms with Gasteiger partial charge in [-0.25, -0.2) is 13.2 Å². The number of β-amino-alcohol motifs (C(OH)–C–C–N with tert-alkyl or cyclic N) is 1. The molecule has 1 atom stereocenters. The minimum Gasteiger partial charge on any atom is -0.394 e. The molecular formula is C20H19F3IN3O5. The number of aliphatic hydroxyl groups is 3. The van der Waals surface area contributed by atoms with Crippen molar-refractivity contribution < 1.29 is 38.1 Å². The fraction of sp³-hybridized carbons (Fsp3) is 0.300. The van der Waals surface area contributed by atoms with E-state index >= 15 is 0 Å². The number of hydrogen-bond donors (Lipinski definition) is 5. The van der Waals surface area contributed by atoms with Crippen LogP contribution in [0.3, 0.4) is 0 Å². The van der Waals surface area contributed by atoms with Crippen molar-refractivity contribution in [1.29, 1.82) is 0 Å². The first-order valence-electron chi connectivity index (χ1n) is 9.34. The summed E-state index contributed by atoms with van der Waals surface area (Å²) in [5.74, 6) is -5.06. The molecule has 2 amide bonds. The molecule has 1 unspecified atom stereocenters. The summed E-state index contributed by atoms with van der Waals surface area (Å²) in [6.07, 6.45) is -1.21. The fourth-order valence-corrected chi connectivity index (χ4v) is 3.51. The van der Waals surface area contributed by atoms with Crippen molar-refractivity contribution in [2.24, 2.45) is 0 Å². The monoisotopic (exact) mass is 565 g/mol. The van der Waals surface area contributed by atoms with Gasteiger partial charge in [0, 0.05) is 10.1 Å². The largest absolute Gasteiger partial charge is 0.394 e. The number of benzene rings is 2. The third-order valence-electron chi connectivity index (χ3n) is 4.84. The molecule has 3 rings (SSSR count). The second-order valence-electron chi connectivity index (χ2n) is 7.27. The van der Waals surface area contributed by atoms with Gasteiger partial charge >= 0.3 is 0 Å². The molecule has 0 aromatic heterocycles. The van der Waals surface area contributed by atoms with E-state index < -0.39 is 66.4 Å². The van der Waals surface area contributed by atoms with Crippen LogP contribution < -0.4 is 10.6 Å². The smallest absolute Gasteiger partial charge is 0.256 e. The normalized spacial score (nSPS) is 15.7. The molecule has 1 heterocycles. The minimum atomic E-state index is -1.95. The van der Waals surface area contributed by atoms with Crippen LogP contribution in [-0.2, 0) is 4.79 Å². The zero-order valence-electron chi connectivity index (χ0n) is 16.4. The Morgan fingerprint density at radius 1 is 1.16 bits per heavy atom. The van der Waals surface area contributed by atoms with E-state index in [9.17, 15) is 33.0 Å². The Morgan fingerprint density at radius 3 is 2.47 bits per heavy atom. The van der Waals surface area contributed by atoms with Gasteiger partial charge in [-0.3, -0.25) is 9.59 Å². The van der Waals surface area contributed by atoms with Crippen molar-refractivity contribution in [3.05, 3.63) is 56.9 Å². The van der Waals surface area contributed by atoms with Gasteiger partial charge in [-0.05, 0) is 52.9 Å². The Hall–Kier alpha value is -2.42. The highest BCUT2D eigenvalue weighted by molar-refractivity contribution is 14.1. The van der Waals surface area contributed by atoms with Crippen LogP contribution in [0.5, 0.6) is 0 Å². The van der Waals surface area contributed by atoms with E-state index in [4.69, 9.17) is 5.11 Å². The van der Waals surface area contributed by atoms with Crippen LogP contribution in [-0.4, -0.2) is 70.0 Å². The molecule has 2 aromatic carbocycles. The number of nitrogens with zero attached hydrogens (tertiary/aromatic N) is 1. The van der Waals surface area contributed by atoms with E-state index in [1.165, 1.54) is 18.2 Å². The van der Waals surface area contributed by atoms with Crippen LogP contribution in [0.15, 0.2) is 30.3 Å². The maximum atomic E-state index is 14.5. The number of carbonyl (C=O) groups excluding carboxylic acids is 2. The molecule has 1 aliphatic heterocycles. The van der Waals surface area contributed by atoms with Gasteiger partial charge in [-0.15, -0.1) is 0 Å². The molecule has 0 saturated carbocycles. The minimum absolute atomic E-state index is 0.175. The lowest BCUT2D eigenvalue weighted by atomic mass is 9.91.